The van der Waals surface area contributed by atoms with Gasteiger partial charge in [0, 0.05) is 17.3 Å². The third-order valence-electron chi connectivity index (χ3n) is 5.14. The van der Waals surface area contributed by atoms with Gasteiger partial charge in [0.25, 0.3) is 5.91 Å². The molecule has 1 aliphatic heterocycles. The maximum Gasteiger partial charge on any atom is 0.278 e. The molecule has 0 aliphatic carbocycles. The molecule has 1 heterocycles. The summed E-state index contributed by atoms with van der Waals surface area (Å²) in [5.41, 5.74) is 2.42. The number of piperazine rings is 1. The van der Waals surface area contributed by atoms with Crippen molar-refractivity contribution in [2.75, 3.05) is 37.6 Å². The van der Waals surface area contributed by atoms with Crippen molar-refractivity contribution >= 4 is 23.2 Å². The third kappa shape index (κ3) is 4.99. The van der Waals surface area contributed by atoms with Gasteiger partial charge in [0.15, 0.2) is 6.04 Å². The Hall–Kier alpha value is -2.04. The summed E-state index contributed by atoms with van der Waals surface area (Å²) in [5, 5.41) is 3.85. The minimum Gasteiger partial charge on any atom is -0.360 e. The highest BCUT2D eigenvalue weighted by Gasteiger charge is 2.29. The predicted octanol–water partition coefficient (Wildman–Crippen LogP) is 1.79. The molecular weight excluding hydrogens is 346 g/mol. The SMILES string of the molecule is C[C@@H](C(=O)NCCc1ccccc1)[NH+]1CCN(c2cccc(Cl)c2)CC1. The van der Waals surface area contributed by atoms with Crippen molar-refractivity contribution in [3.05, 3.63) is 65.2 Å². The Kier molecular flexibility index (Phi) is 6.53. The van der Waals surface area contributed by atoms with Gasteiger partial charge in [-0.15, -0.1) is 0 Å². The third-order valence-corrected chi connectivity index (χ3v) is 5.38. The highest BCUT2D eigenvalue weighted by molar-refractivity contribution is 6.30. The van der Waals surface area contributed by atoms with E-state index in [-0.39, 0.29) is 11.9 Å². The van der Waals surface area contributed by atoms with Crippen LogP contribution in [0.3, 0.4) is 0 Å². The van der Waals surface area contributed by atoms with Crippen LogP contribution >= 0.6 is 11.6 Å². The number of hydrogen-bond acceptors (Lipinski definition) is 2. The molecule has 4 nitrogen and oxygen atoms in total. The molecule has 0 saturated carbocycles. The predicted molar refractivity (Wildman–Crippen MR) is 107 cm³/mol. The maximum atomic E-state index is 12.5. The van der Waals surface area contributed by atoms with Gasteiger partial charge >= 0.3 is 0 Å². The minimum atomic E-state index is -0.0210. The molecule has 2 aromatic carbocycles. The molecule has 0 bridgehead atoms. The van der Waals surface area contributed by atoms with E-state index in [4.69, 9.17) is 11.6 Å². The Morgan fingerprint density at radius 2 is 1.88 bits per heavy atom. The summed E-state index contributed by atoms with van der Waals surface area (Å²) >= 11 is 6.09. The van der Waals surface area contributed by atoms with E-state index in [1.807, 2.05) is 43.3 Å². The summed E-state index contributed by atoms with van der Waals surface area (Å²) in [6.07, 6.45) is 0.872. The van der Waals surface area contributed by atoms with Crippen LogP contribution in [0.15, 0.2) is 54.6 Å². The number of nitrogens with one attached hydrogen (secondary N) is 2. The molecule has 1 atom stereocenters. The number of benzene rings is 2. The van der Waals surface area contributed by atoms with Crippen molar-refractivity contribution in [2.24, 2.45) is 0 Å². The number of nitrogens with zero attached hydrogens (tertiary/aromatic N) is 1. The zero-order valence-electron chi connectivity index (χ0n) is 15.2. The average Bonchev–Trinajstić information content (AvgIpc) is 2.68. The highest BCUT2D eigenvalue weighted by Crippen LogP contribution is 2.19. The molecule has 1 amide bonds. The average molecular weight is 373 g/mol. The van der Waals surface area contributed by atoms with Gasteiger partial charge in [-0.3, -0.25) is 4.79 Å². The molecule has 0 aromatic heterocycles. The van der Waals surface area contributed by atoms with E-state index in [0.717, 1.165) is 43.3 Å². The van der Waals surface area contributed by atoms with Crippen LogP contribution < -0.4 is 15.1 Å². The second-order valence-corrected chi connectivity index (χ2v) is 7.31. The molecule has 2 aromatic rings. The second kappa shape index (κ2) is 9.06. The summed E-state index contributed by atoms with van der Waals surface area (Å²) in [7, 11) is 0. The van der Waals surface area contributed by atoms with Gasteiger partial charge in [-0.2, -0.15) is 0 Å². The number of quaternary nitrogens is 1. The van der Waals surface area contributed by atoms with Gasteiger partial charge in [0.05, 0.1) is 26.2 Å². The lowest BCUT2D eigenvalue weighted by Gasteiger charge is -2.36. The zero-order chi connectivity index (χ0) is 18.4. The molecule has 1 saturated heterocycles. The lowest BCUT2D eigenvalue weighted by molar-refractivity contribution is -0.914. The number of carbonyl (C=O) groups is 1. The Morgan fingerprint density at radius 3 is 2.58 bits per heavy atom. The van der Waals surface area contributed by atoms with Crippen molar-refractivity contribution < 1.29 is 9.69 Å². The van der Waals surface area contributed by atoms with Gasteiger partial charge in [-0.05, 0) is 37.1 Å². The molecule has 2 N–H and O–H groups in total. The van der Waals surface area contributed by atoms with E-state index in [1.165, 1.54) is 10.5 Å². The van der Waals surface area contributed by atoms with Crippen molar-refractivity contribution in [1.29, 1.82) is 0 Å². The van der Waals surface area contributed by atoms with E-state index in [9.17, 15) is 4.79 Å². The van der Waals surface area contributed by atoms with E-state index < -0.39 is 0 Å². The molecule has 1 aliphatic rings. The lowest BCUT2D eigenvalue weighted by atomic mass is 10.1. The number of rotatable bonds is 6. The number of halogens is 1. The van der Waals surface area contributed by atoms with Crippen LogP contribution in [0.25, 0.3) is 0 Å². The Bertz CT molecular complexity index is 714. The lowest BCUT2D eigenvalue weighted by Crippen LogP contribution is -3.19. The van der Waals surface area contributed by atoms with E-state index in [2.05, 4.69) is 28.4 Å². The standard InChI is InChI=1S/C21H26ClN3O/c1-17(21(26)23-11-10-18-6-3-2-4-7-18)24-12-14-25(15-13-24)20-9-5-8-19(22)16-20/h2-9,16-17H,10-15H2,1H3,(H,23,26)/p+1/t17-/m0/s1. The van der Waals surface area contributed by atoms with Crippen molar-refractivity contribution in [1.82, 2.24) is 5.32 Å². The number of carbonyl (C=O) groups excluding carboxylic acids is 1. The number of anilines is 1. The largest absolute Gasteiger partial charge is 0.360 e. The van der Waals surface area contributed by atoms with Crippen molar-refractivity contribution in [2.45, 2.75) is 19.4 Å². The Balaban J connectivity index is 1.44. The molecule has 0 radical (unpaired) electrons. The zero-order valence-corrected chi connectivity index (χ0v) is 16.0. The van der Waals surface area contributed by atoms with Gasteiger partial charge in [-0.25, -0.2) is 0 Å². The molecule has 0 unspecified atom stereocenters. The smallest absolute Gasteiger partial charge is 0.278 e. The molecule has 138 valence electrons. The number of hydrogen-bond donors (Lipinski definition) is 2. The second-order valence-electron chi connectivity index (χ2n) is 6.87. The quantitative estimate of drug-likeness (QED) is 0.811. The molecule has 26 heavy (non-hydrogen) atoms. The summed E-state index contributed by atoms with van der Waals surface area (Å²) < 4.78 is 0. The fraction of sp³-hybridized carbons (Fsp3) is 0.381. The van der Waals surface area contributed by atoms with E-state index in [1.54, 1.807) is 0 Å². The monoisotopic (exact) mass is 372 g/mol. The van der Waals surface area contributed by atoms with Gasteiger partial charge in [-0.1, -0.05) is 48.0 Å². The fourth-order valence-corrected chi connectivity index (χ4v) is 3.66. The highest BCUT2D eigenvalue weighted by atomic mass is 35.5. The molecule has 1 fully saturated rings. The van der Waals surface area contributed by atoms with Gasteiger partial charge in [0.2, 0.25) is 0 Å². The Labute approximate surface area is 160 Å². The fourth-order valence-electron chi connectivity index (χ4n) is 3.47. The first-order valence-corrected chi connectivity index (χ1v) is 9.68. The van der Waals surface area contributed by atoms with Crippen LogP contribution in [0, 0.1) is 0 Å². The van der Waals surface area contributed by atoms with Crippen LogP contribution in [0.1, 0.15) is 12.5 Å². The van der Waals surface area contributed by atoms with Crippen LogP contribution in [-0.2, 0) is 11.2 Å². The van der Waals surface area contributed by atoms with Crippen LogP contribution in [0.2, 0.25) is 5.02 Å². The van der Waals surface area contributed by atoms with Crippen LogP contribution in [-0.4, -0.2) is 44.7 Å². The maximum absolute atomic E-state index is 12.5. The van der Waals surface area contributed by atoms with E-state index in [0.29, 0.717) is 6.54 Å². The summed E-state index contributed by atoms with van der Waals surface area (Å²) in [5.74, 6) is 0.145. The summed E-state index contributed by atoms with van der Waals surface area (Å²) in [6.45, 7) is 6.52. The van der Waals surface area contributed by atoms with E-state index >= 15 is 0 Å². The van der Waals surface area contributed by atoms with Crippen LogP contribution in [0.5, 0.6) is 0 Å². The first-order chi connectivity index (χ1) is 12.6. The first-order valence-electron chi connectivity index (χ1n) is 9.30. The molecule has 0 spiro atoms. The molecule has 5 heteroatoms. The van der Waals surface area contributed by atoms with Gasteiger partial charge in [0.1, 0.15) is 0 Å². The van der Waals surface area contributed by atoms with Crippen molar-refractivity contribution in [3.8, 4) is 0 Å². The number of amides is 1. The molecule has 3 rings (SSSR count). The van der Waals surface area contributed by atoms with Crippen molar-refractivity contribution in [3.63, 3.8) is 0 Å². The topological polar surface area (TPSA) is 36.8 Å². The Morgan fingerprint density at radius 1 is 1.15 bits per heavy atom. The van der Waals surface area contributed by atoms with Gasteiger partial charge < -0.3 is 15.1 Å². The van der Waals surface area contributed by atoms with Crippen LogP contribution in [0.4, 0.5) is 5.69 Å². The summed E-state index contributed by atoms with van der Waals surface area (Å²) in [4.78, 5) is 16.2. The first kappa shape index (κ1) is 18.7. The normalized spacial score (nSPS) is 16.3. The minimum absolute atomic E-state index is 0.0210. The molecular formula is C21H27ClN3O+. The summed E-state index contributed by atoms with van der Waals surface area (Å²) in [6, 6.07) is 18.2.